The Morgan fingerprint density at radius 3 is 1.86 bits per heavy atom. The summed E-state index contributed by atoms with van der Waals surface area (Å²) < 4.78 is 24.9. The first-order valence-electron chi connectivity index (χ1n) is 11.6. The highest BCUT2D eigenvalue weighted by Crippen LogP contribution is 2.11. The number of urea groups is 1. The molecule has 198 valence electrons. The third-order valence-electron chi connectivity index (χ3n) is 4.74. The summed E-state index contributed by atoms with van der Waals surface area (Å²) >= 11 is 0. The number of aliphatic carboxylic acids is 2. The Morgan fingerprint density at radius 1 is 0.914 bits per heavy atom. The summed E-state index contributed by atoms with van der Waals surface area (Å²) in [6.07, 6.45) is 3.29. The van der Waals surface area contributed by atoms with E-state index in [1.807, 2.05) is 13.8 Å². The summed E-state index contributed by atoms with van der Waals surface area (Å²) in [5.74, 6) is -2.60. The lowest BCUT2D eigenvalue weighted by molar-refractivity contribution is -0.134. The topological polar surface area (TPSA) is 144 Å². The molecule has 35 heavy (non-hydrogen) atoms. The van der Waals surface area contributed by atoms with Gasteiger partial charge in [-0.15, -0.1) is 0 Å². The molecule has 0 atom stereocenters. The number of benzene rings is 1. The van der Waals surface area contributed by atoms with Crippen molar-refractivity contribution in [3.8, 4) is 0 Å². The second-order valence-electron chi connectivity index (χ2n) is 8.00. The van der Waals surface area contributed by atoms with E-state index in [2.05, 4.69) is 24.1 Å². The van der Waals surface area contributed by atoms with E-state index in [0.717, 1.165) is 32.5 Å². The van der Waals surface area contributed by atoms with Gasteiger partial charge in [0.2, 0.25) is 0 Å². The Balaban J connectivity index is 0.00000124. The Morgan fingerprint density at radius 2 is 1.43 bits per heavy atom. The molecule has 0 aromatic heterocycles. The Labute approximate surface area is 208 Å². The molecule has 11 heteroatoms. The highest BCUT2D eigenvalue weighted by molar-refractivity contribution is 7.91. The molecule has 1 aromatic carbocycles. The standard InChI is InChI=1S/C20H35N3O3S.C4H4O4/c1-5-13-22(14-6-2)15-12-21-20(24)23(18(3)4)16-17-27(25,26)19-10-8-7-9-11-19;5-3(6)1-2-4(7)8/h7-11,18H,5-6,12-17H2,1-4H3,(H,21,24);1-2H,(H,5,6)(H,7,8). The van der Waals surface area contributed by atoms with Gasteiger partial charge in [0, 0.05) is 37.8 Å². The number of hydrogen-bond acceptors (Lipinski definition) is 6. The van der Waals surface area contributed by atoms with Crippen molar-refractivity contribution in [2.45, 2.75) is 51.5 Å². The molecular formula is C24H39N3O7S. The van der Waals surface area contributed by atoms with Crippen LogP contribution in [0.2, 0.25) is 0 Å². The number of nitrogens with one attached hydrogen (secondary N) is 1. The number of sulfone groups is 1. The zero-order valence-corrected chi connectivity index (χ0v) is 21.8. The van der Waals surface area contributed by atoms with Crippen LogP contribution in [-0.4, -0.2) is 90.9 Å². The fourth-order valence-corrected chi connectivity index (χ4v) is 4.34. The van der Waals surface area contributed by atoms with E-state index in [0.29, 0.717) is 23.6 Å². The molecule has 0 heterocycles. The second-order valence-corrected chi connectivity index (χ2v) is 10.1. The Kier molecular flexibility index (Phi) is 16.0. The van der Waals surface area contributed by atoms with Crippen molar-refractivity contribution in [3.63, 3.8) is 0 Å². The van der Waals surface area contributed by atoms with Crippen LogP contribution in [0.5, 0.6) is 0 Å². The molecule has 0 aliphatic rings. The van der Waals surface area contributed by atoms with Gasteiger partial charge in [0.05, 0.1) is 10.6 Å². The molecule has 1 aromatic rings. The third kappa shape index (κ3) is 14.8. The van der Waals surface area contributed by atoms with Crippen molar-refractivity contribution in [3.05, 3.63) is 42.5 Å². The van der Waals surface area contributed by atoms with E-state index in [9.17, 15) is 22.8 Å². The molecule has 10 nitrogen and oxygen atoms in total. The predicted molar refractivity (Wildman–Crippen MR) is 135 cm³/mol. The van der Waals surface area contributed by atoms with Crippen LogP contribution < -0.4 is 5.32 Å². The zero-order valence-electron chi connectivity index (χ0n) is 21.0. The maximum absolute atomic E-state index is 12.5. The molecule has 0 aliphatic heterocycles. The van der Waals surface area contributed by atoms with Gasteiger partial charge in [-0.05, 0) is 51.9 Å². The van der Waals surface area contributed by atoms with E-state index in [-0.39, 0.29) is 24.4 Å². The van der Waals surface area contributed by atoms with E-state index >= 15 is 0 Å². The monoisotopic (exact) mass is 513 g/mol. The number of amides is 2. The van der Waals surface area contributed by atoms with Crippen molar-refractivity contribution in [2.24, 2.45) is 0 Å². The molecule has 0 aliphatic carbocycles. The van der Waals surface area contributed by atoms with Crippen LogP contribution in [0.3, 0.4) is 0 Å². The number of carbonyl (C=O) groups excluding carboxylic acids is 1. The molecule has 0 saturated heterocycles. The summed E-state index contributed by atoms with van der Waals surface area (Å²) in [6.45, 7) is 11.7. The van der Waals surface area contributed by atoms with Crippen molar-refractivity contribution in [2.75, 3.05) is 38.5 Å². The fourth-order valence-electron chi connectivity index (χ4n) is 3.09. The SMILES string of the molecule is CCCN(CCC)CCNC(=O)N(CCS(=O)(=O)c1ccccc1)C(C)C.O=C(O)C=CC(=O)O. The average Bonchev–Trinajstić information content (AvgIpc) is 2.79. The highest BCUT2D eigenvalue weighted by Gasteiger charge is 2.21. The predicted octanol–water partition coefficient (Wildman–Crippen LogP) is 2.71. The molecule has 0 radical (unpaired) electrons. The summed E-state index contributed by atoms with van der Waals surface area (Å²) in [7, 11) is -3.40. The minimum atomic E-state index is -3.40. The highest BCUT2D eigenvalue weighted by atomic mass is 32.2. The van der Waals surface area contributed by atoms with Gasteiger partial charge in [-0.3, -0.25) is 0 Å². The first-order chi connectivity index (χ1) is 16.4. The molecule has 0 spiro atoms. The summed E-state index contributed by atoms with van der Waals surface area (Å²) in [5.41, 5.74) is 0. The van der Waals surface area contributed by atoms with Crippen LogP contribution in [-0.2, 0) is 19.4 Å². The number of carboxylic acid groups (broad SMARTS) is 2. The van der Waals surface area contributed by atoms with Crippen LogP contribution in [0.1, 0.15) is 40.5 Å². The molecule has 0 bridgehead atoms. The number of rotatable bonds is 14. The minimum Gasteiger partial charge on any atom is -0.478 e. The minimum absolute atomic E-state index is 0.0710. The summed E-state index contributed by atoms with van der Waals surface area (Å²) in [6, 6.07) is 8.10. The second kappa shape index (κ2) is 17.5. The van der Waals surface area contributed by atoms with Crippen LogP contribution in [0, 0.1) is 0 Å². The Bertz CT molecular complexity index is 881. The lowest BCUT2D eigenvalue weighted by Gasteiger charge is -2.28. The smallest absolute Gasteiger partial charge is 0.328 e. The first-order valence-corrected chi connectivity index (χ1v) is 13.3. The number of carbonyl (C=O) groups is 3. The van der Waals surface area contributed by atoms with Crippen LogP contribution >= 0.6 is 0 Å². The van der Waals surface area contributed by atoms with Crippen LogP contribution in [0.4, 0.5) is 4.79 Å². The van der Waals surface area contributed by atoms with Gasteiger partial charge in [-0.25, -0.2) is 22.8 Å². The van der Waals surface area contributed by atoms with Gasteiger partial charge >= 0.3 is 18.0 Å². The van der Waals surface area contributed by atoms with E-state index < -0.39 is 21.8 Å². The van der Waals surface area contributed by atoms with Gasteiger partial charge < -0.3 is 25.3 Å². The van der Waals surface area contributed by atoms with Gasteiger partial charge in [0.1, 0.15) is 0 Å². The molecule has 2 amide bonds. The van der Waals surface area contributed by atoms with Crippen LogP contribution in [0.25, 0.3) is 0 Å². The molecule has 3 N–H and O–H groups in total. The van der Waals surface area contributed by atoms with Gasteiger partial charge in [0.15, 0.2) is 9.84 Å². The molecular weight excluding hydrogens is 474 g/mol. The number of carboxylic acids is 2. The van der Waals surface area contributed by atoms with E-state index in [1.165, 1.54) is 0 Å². The molecule has 0 saturated carbocycles. The zero-order chi connectivity index (χ0) is 26.9. The maximum atomic E-state index is 12.5. The van der Waals surface area contributed by atoms with Crippen molar-refractivity contribution in [1.82, 2.24) is 15.1 Å². The van der Waals surface area contributed by atoms with Gasteiger partial charge in [-0.1, -0.05) is 32.0 Å². The average molecular weight is 514 g/mol. The lowest BCUT2D eigenvalue weighted by Crippen LogP contribution is -2.47. The van der Waals surface area contributed by atoms with E-state index in [4.69, 9.17) is 10.2 Å². The molecule has 0 unspecified atom stereocenters. The molecule has 0 fully saturated rings. The lowest BCUT2D eigenvalue weighted by atomic mass is 10.3. The van der Waals surface area contributed by atoms with Crippen molar-refractivity contribution >= 4 is 27.8 Å². The quantitative estimate of drug-likeness (QED) is 0.322. The summed E-state index contributed by atoms with van der Waals surface area (Å²) in [4.78, 5) is 35.9. The first kappa shape index (κ1) is 32.1. The summed E-state index contributed by atoms with van der Waals surface area (Å²) in [5, 5.41) is 18.6. The van der Waals surface area contributed by atoms with E-state index in [1.54, 1.807) is 35.2 Å². The largest absolute Gasteiger partial charge is 0.478 e. The maximum Gasteiger partial charge on any atom is 0.328 e. The fraction of sp³-hybridized carbons (Fsp3) is 0.542. The van der Waals surface area contributed by atoms with Crippen molar-refractivity contribution < 1.29 is 33.0 Å². The Hall–Kier alpha value is -2.92. The van der Waals surface area contributed by atoms with Crippen LogP contribution in [0.15, 0.2) is 47.4 Å². The number of hydrogen-bond donors (Lipinski definition) is 3. The van der Waals surface area contributed by atoms with Gasteiger partial charge in [0.25, 0.3) is 0 Å². The number of nitrogens with zero attached hydrogens (tertiary/aromatic N) is 2. The van der Waals surface area contributed by atoms with Gasteiger partial charge in [-0.2, -0.15) is 0 Å². The third-order valence-corrected chi connectivity index (χ3v) is 6.45. The normalized spacial score (nSPS) is 11.3. The molecule has 1 rings (SSSR count). The van der Waals surface area contributed by atoms with Crippen molar-refractivity contribution in [1.29, 1.82) is 0 Å².